The summed E-state index contributed by atoms with van der Waals surface area (Å²) < 4.78 is 57.0. The summed E-state index contributed by atoms with van der Waals surface area (Å²) in [6.07, 6.45) is 16.9. The second kappa shape index (κ2) is 21.9. The molecular weight excluding hydrogens is 996 g/mol. The number of anilines is 2. The average Bonchev–Trinajstić information content (AvgIpc) is 4.21. The van der Waals surface area contributed by atoms with E-state index in [1.807, 2.05) is 12.3 Å². The van der Waals surface area contributed by atoms with Crippen molar-refractivity contribution in [2.75, 3.05) is 63.6 Å². The second-order valence-corrected chi connectivity index (χ2v) is 24.7. The molecule has 2 saturated heterocycles. The predicted octanol–water partition coefficient (Wildman–Crippen LogP) is 9.60. The number of rotatable bonds is 17. The Labute approximate surface area is 451 Å². The lowest BCUT2D eigenvalue weighted by atomic mass is 9.59. The van der Waals surface area contributed by atoms with Gasteiger partial charge in [-0.2, -0.15) is 0 Å². The first-order valence-corrected chi connectivity index (χ1v) is 29.2. The zero-order chi connectivity index (χ0) is 53.6. The molecule has 1 amide bonds. The van der Waals surface area contributed by atoms with Crippen LogP contribution in [0, 0.1) is 28.3 Å². The van der Waals surface area contributed by atoms with Crippen LogP contribution in [0.15, 0.2) is 90.3 Å². The van der Waals surface area contributed by atoms with Gasteiger partial charge in [-0.05, 0) is 110 Å². The largest absolute Gasteiger partial charge is 0.629 e. The molecule has 77 heavy (non-hydrogen) atoms. The van der Waals surface area contributed by atoms with E-state index in [1.54, 1.807) is 19.2 Å². The number of piperidine rings is 1. The number of hydrogen-bond donors (Lipinski definition) is 4. The highest BCUT2D eigenvalue weighted by Crippen LogP contribution is 2.54. The summed E-state index contributed by atoms with van der Waals surface area (Å²) in [5.74, 6) is 2.15. The van der Waals surface area contributed by atoms with Crippen LogP contribution in [-0.2, 0) is 16.6 Å². The normalized spacial score (nSPS) is 21.8. The average molecular weight is 1070 g/mol. The van der Waals surface area contributed by atoms with Crippen LogP contribution in [0.2, 0.25) is 0 Å². The van der Waals surface area contributed by atoms with Crippen molar-refractivity contribution in [1.29, 1.82) is 0 Å². The van der Waals surface area contributed by atoms with Crippen LogP contribution in [0.3, 0.4) is 0 Å². The Hall–Kier alpha value is -6.18. The molecule has 408 valence electrons. The summed E-state index contributed by atoms with van der Waals surface area (Å²) >= 11 is 0. The fraction of sp³-hybridized carbons (Fsp3) is 0.492. The number of pyridine rings is 3. The highest BCUT2D eigenvalue weighted by Gasteiger charge is 2.50. The van der Waals surface area contributed by atoms with Crippen LogP contribution >= 0.6 is 0 Å². The van der Waals surface area contributed by atoms with Crippen LogP contribution in [-0.4, -0.2) is 104 Å². The first-order valence-electron chi connectivity index (χ1n) is 27.7. The van der Waals surface area contributed by atoms with Crippen LogP contribution in [0.25, 0.3) is 11.0 Å². The number of hydroxylamine groups is 1. The van der Waals surface area contributed by atoms with Crippen molar-refractivity contribution in [3.05, 3.63) is 124 Å². The van der Waals surface area contributed by atoms with E-state index in [4.69, 9.17) is 14.5 Å². The van der Waals surface area contributed by atoms with Crippen molar-refractivity contribution < 1.29 is 32.1 Å². The Balaban J connectivity index is 0.784. The number of methoxy groups -OCH3 is 1. The van der Waals surface area contributed by atoms with E-state index < -0.39 is 21.7 Å². The number of carbonyl (C=O) groups is 1. The Morgan fingerprint density at radius 2 is 1.70 bits per heavy atom. The monoisotopic (exact) mass is 1070 g/mol. The molecule has 6 aromatic rings. The fourth-order valence-electron chi connectivity index (χ4n) is 12.7. The quantitative estimate of drug-likeness (QED) is 0.0634. The Morgan fingerprint density at radius 1 is 0.922 bits per heavy atom. The number of halogens is 1. The van der Waals surface area contributed by atoms with Gasteiger partial charge in [-0.1, -0.05) is 57.9 Å². The van der Waals surface area contributed by atoms with Gasteiger partial charge in [0, 0.05) is 99.7 Å². The van der Waals surface area contributed by atoms with E-state index >= 15 is 0 Å². The summed E-state index contributed by atoms with van der Waals surface area (Å²) in [5.41, 5.74) is 6.51. The zero-order valence-corrected chi connectivity index (χ0v) is 45.8. The molecule has 5 fully saturated rings. The van der Waals surface area contributed by atoms with Gasteiger partial charge in [0.05, 0.1) is 43.2 Å². The van der Waals surface area contributed by atoms with Gasteiger partial charge < -0.3 is 34.9 Å². The number of nitrogens with zero attached hydrogens (tertiary/aromatic N) is 6. The summed E-state index contributed by atoms with van der Waals surface area (Å²) in [4.78, 5) is 37.9. The zero-order valence-electron chi connectivity index (χ0n) is 45.0. The van der Waals surface area contributed by atoms with E-state index in [0.717, 1.165) is 114 Å². The van der Waals surface area contributed by atoms with E-state index in [2.05, 4.69) is 90.8 Å². The Morgan fingerprint density at radius 3 is 2.44 bits per heavy atom. The molecule has 0 bridgehead atoms. The van der Waals surface area contributed by atoms with Crippen molar-refractivity contribution in [1.82, 2.24) is 34.5 Å². The van der Waals surface area contributed by atoms with Gasteiger partial charge in [0.25, 0.3) is 15.9 Å². The SMILES string of the molecule is COc1cc(CN2CCN(C3CC4(CCN(c5ccc(C(=O)NS(=O)(=O)c6cnc(NC[C@H]7CC[C@@H](C)CC7)c([NH+](C)[O-])c6)c(Oc6cnc7[nH]cc(F)c7c6)c5)CC4)C3)C(c3ccccc3C(C)C)C2)ncc1C1CC1. The van der Waals surface area contributed by atoms with Crippen molar-refractivity contribution >= 4 is 44.2 Å². The summed E-state index contributed by atoms with van der Waals surface area (Å²) in [5, 5.41) is 16.0. The first-order chi connectivity index (χ1) is 37.1. The minimum absolute atomic E-state index is 0.0572. The number of piperazine rings is 1. The molecule has 2 atom stereocenters. The van der Waals surface area contributed by atoms with E-state index in [9.17, 15) is 22.8 Å². The third-order valence-electron chi connectivity index (χ3n) is 17.4. The molecule has 2 aromatic carbocycles. The number of amides is 1. The maximum Gasteiger partial charge on any atom is 0.268 e. The number of aromatic nitrogens is 4. The fourth-order valence-corrected chi connectivity index (χ4v) is 13.6. The molecule has 18 heteroatoms. The number of benzene rings is 2. The van der Waals surface area contributed by atoms with E-state index in [1.165, 1.54) is 61.1 Å². The molecule has 2 unspecified atom stereocenters. The van der Waals surface area contributed by atoms with Gasteiger partial charge in [-0.15, -0.1) is 0 Å². The molecule has 0 radical (unpaired) electrons. The van der Waals surface area contributed by atoms with Crippen molar-refractivity contribution in [2.45, 2.75) is 120 Å². The Bertz CT molecular complexity index is 3220. The van der Waals surface area contributed by atoms with Gasteiger partial charge >= 0.3 is 0 Å². The molecule has 4 N–H and O–H groups in total. The highest BCUT2D eigenvalue weighted by molar-refractivity contribution is 7.90. The third kappa shape index (κ3) is 11.4. The number of carbonyl (C=O) groups excluding carboxylic acids is 1. The van der Waals surface area contributed by atoms with Gasteiger partial charge in [0.2, 0.25) is 0 Å². The lowest BCUT2D eigenvalue weighted by Gasteiger charge is -2.58. The third-order valence-corrected chi connectivity index (χ3v) is 18.7. The van der Waals surface area contributed by atoms with Crippen molar-refractivity contribution in [3.63, 3.8) is 0 Å². The number of ether oxygens (including phenoxy) is 2. The number of fused-ring (bicyclic) bond motifs is 1. The molecule has 3 aliphatic carbocycles. The first kappa shape index (κ1) is 52.9. The molecule has 5 aliphatic rings. The summed E-state index contributed by atoms with van der Waals surface area (Å²) in [6.45, 7) is 12.7. The maximum absolute atomic E-state index is 14.8. The van der Waals surface area contributed by atoms with Crippen molar-refractivity contribution in [2.24, 2.45) is 17.3 Å². The molecule has 1 spiro atoms. The smallest absolute Gasteiger partial charge is 0.268 e. The molecule has 16 nitrogen and oxygen atoms in total. The van der Waals surface area contributed by atoms with E-state index in [0.29, 0.717) is 47.7 Å². The minimum atomic E-state index is -4.52. The standard InChI is InChI=1S/C59H73FN10O6S/c1-37(2)46-8-6-7-9-47(46)53-36-68(35-41-24-54(75-5)50(33-61-41)40-14-15-40)22-23-70(53)43-28-59(29-43)18-20-69(21-19-59)42-16-17-48(55(25-42)76-44-26-49-51(60)34-65-56(49)63-31-44)58(71)66-77(73,74)45-27-52(67(4)72)57(64-32-45)62-30-39-12-10-38(3)11-13-39/h6-9,16-17,24-27,31-34,37-40,43,53,67H,10-15,18-23,28-30,35-36H2,1-5H3,(H,62,64)(H,63,65)(H,66,71)/t38-,39+,53?. The maximum atomic E-state index is 14.8. The van der Waals surface area contributed by atoms with Gasteiger partial charge in [0.15, 0.2) is 11.5 Å². The van der Waals surface area contributed by atoms with Crippen LogP contribution in [0.5, 0.6) is 17.2 Å². The van der Waals surface area contributed by atoms with Gasteiger partial charge in [-0.3, -0.25) is 19.6 Å². The van der Waals surface area contributed by atoms with Gasteiger partial charge in [0.1, 0.15) is 33.6 Å². The van der Waals surface area contributed by atoms with Crippen molar-refractivity contribution in [3.8, 4) is 17.2 Å². The predicted molar refractivity (Wildman–Crippen MR) is 296 cm³/mol. The number of hydrogen-bond acceptors (Lipinski definition) is 13. The highest BCUT2D eigenvalue weighted by atomic mass is 32.2. The molecule has 4 aromatic heterocycles. The number of sulfonamides is 1. The topological polar surface area (TPSA) is 185 Å². The lowest BCUT2D eigenvalue weighted by Crippen LogP contribution is -2.98. The molecule has 3 saturated carbocycles. The molecular formula is C59H73FN10O6S. The van der Waals surface area contributed by atoms with E-state index in [-0.39, 0.29) is 49.6 Å². The minimum Gasteiger partial charge on any atom is -0.629 e. The number of H-pyrrole nitrogens is 1. The van der Waals surface area contributed by atoms with Gasteiger partial charge in [-0.25, -0.2) is 27.5 Å². The van der Waals surface area contributed by atoms with Crippen LogP contribution in [0.1, 0.15) is 136 Å². The van der Waals surface area contributed by atoms with Crippen LogP contribution in [0.4, 0.5) is 21.6 Å². The number of aromatic amines is 1. The lowest BCUT2D eigenvalue weighted by molar-refractivity contribution is -0.751. The summed E-state index contributed by atoms with van der Waals surface area (Å²) in [7, 11) is -1.40. The molecule has 6 heterocycles. The number of quaternary nitrogens is 1. The number of nitrogens with one attached hydrogen (secondary N) is 4. The Kier molecular flexibility index (Phi) is 15.0. The second-order valence-electron chi connectivity index (χ2n) is 23.1. The van der Waals surface area contributed by atoms with Crippen LogP contribution < -0.4 is 29.5 Å². The molecule has 2 aliphatic heterocycles. The summed E-state index contributed by atoms with van der Waals surface area (Å²) in [6, 6.07) is 19.7. The molecule has 11 rings (SSSR count).